The van der Waals surface area contributed by atoms with Gasteiger partial charge in [0.1, 0.15) is 5.82 Å². The Morgan fingerprint density at radius 2 is 0.935 bits per heavy atom. The fraction of sp³-hybridized carbons (Fsp3) is 0. The van der Waals surface area contributed by atoms with Gasteiger partial charge in [-0.15, -0.1) is 0 Å². The molecule has 0 radical (unpaired) electrons. The van der Waals surface area contributed by atoms with Crippen molar-refractivity contribution in [1.29, 1.82) is 0 Å². The molecule has 9 aromatic rings. The molecule has 0 N–H and O–H groups in total. The topological polar surface area (TPSA) is 21.1 Å². The third kappa shape index (κ3) is 3.45. The number of benzene rings is 8. The van der Waals surface area contributed by atoms with Crippen molar-refractivity contribution < 1.29 is 0 Å². The van der Waals surface area contributed by atoms with E-state index in [1.807, 2.05) is 0 Å². The monoisotopic (exact) mass is 585 g/mol. The van der Waals surface area contributed by atoms with E-state index in [4.69, 9.17) is 4.98 Å². The molecular weight excluding hydrogens is 558 g/mol. The van der Waals surface area contributed by atoms with Crippen molar-refractivity contribution in [2.24, 2.45) is 0 Å². The predicted octanol–water partition coefficient (Wildman–Crippen LogP) is 11.6. The summed E-state index contributed by atoms with van der Waals surface area (Å²) in [5.41, 5.74) is 10.3. The van der Waals surface area contributed by atoms with E-state index in [1.54, 1.807) is 0 Å². The number of rotatable bonds is 3. The first kappa shape index (κ1) is 25.2. The van der Waals surface area contributed by atoms with Gasteiger partial charge in [-0.1, -0.05) is 127 Å². The van der Waals surface area contributed by atoms with Crippen molar-refractivity contribution in [3.8, 4) is 28.2 Å². The summed E-state index contributed by atoms with van der Waals surface area (Å²) >= 11 is 0. The van der Waals surface area contributed by atoms with Gasteiger partial charge in [-0.3, -0.25) is 4.57 Å². The summed E-state index contributed by atoms with van der Waals surface area (Å²) in [6.45, 7) is 0. The standard InChI is InChI=1S/C43H27N3/c1-2-16-29(17-3-1)45-37-25-10-11-26-38(37)46-42-36(24-13-27-39(42)45)44-43(46)41-34-21-8-6-19-32(34)40(33-20-7-9-22-35(33)41)31-23-12-15-28-14-4-5-18-30(28)31/h1-27H. The number of imidazole rings is 1. The van der Waals surface area contributed by atoms with Gasteiger partial charge in [-0.05, 0) is 79.8 Å². The minimum absolute atomic E-state index is 0.958. The Kier molecular flexibility index (Phi) is 5.28. The van der Waals surface area contributed by atoms with Crippen LogP contribution in [0.5, 0.6) is 0 Å². The highest BCUT2D eigenvalue weighted by molar-refractivity contribution is 6.23. The van der Waals surface area contributed by atoms with E-state index in [0.29, 0.717) is 0 Å². The largest absolute Gasteiger partial charge is 0.306 e. The van der Waals surface area contributed by atoms with Crippen LogP contribution in [0.1, 0.15) is 0 Å². The summed E-state index contributed by atoms with van der Waals surface area (Å²) in [7, 11) is 0. The molecule has 0 fully saturated rings. The van der Waals surface area contributed by atoms with E-state index in [0.717, 1.165) is 45.2 Å². The van der Waals surface area contributed by atoms with Crippen molar-refractivity contribution in [1.82, 2.24) is 9.55 Å². The highest BCUT2D eigenvalue weighted by Gasteiger charge is 2.30. The molecule has 0 unspecified atom stereocenters. The number of nitrogens with zero attached hydrogens (tertiary/aromatic N) is 3. The summed E-state index contributed by atoms with van der Waals surface area (Å²) in [6.07, 6.45) is 0. The molecule has 0 amide bonds. The number of anilines is 3. The van der Waals surface area contributed by atoms with Gasteiger partial charge in [0.15, 0.2) is 0 Å². The van der Waals surface area contributed by atoms with Crippen LogP contribution in [-0.4, -0.2) is 9.55 Å². The van der Waals surface area contributed by atoms with Crippen LogP contribution in [0.25, 0.3) is 71.6 Å². The van der Waals surface area contributed by atoms with Crippen LogP contribution < -0.4 is 4.90 Å². The SMILES string of the molecule is c1ccc(N2c3ccccc3-n3c(-c4c5ccccc5c(-c5cccc6ccccc56)c5ccccc45)nc4cccc2c43)cc1. The summed E-state index contributed by atoms with van der Waals surface area (Å²) in [5, 5.41) is 7.34. The summed E-state index contributed by atoms with van der Waals surface area (Å²) in [6, 6.07) is 58.9. The molecule has 3 heteroatoms. The number of fused-ring (bicyclic) bond motifs is 5. The molecule has 214 valence electrons. The quantitative estimate of drug-likeness (QED) is 0.192. The smallest absolute Gasteiger partial charge is 0.147 e. The van der Waals surface area contributed by atoms with Crippen LogP contribution in [0.3, 0.4) is 0 Å². The maximum atomic E-state index is 5.47. The van der Waals surface area contributed by atoms with E-state index in [2.05, 4.69) is 173 Å². The molecule has 0 saturated heterocycles. The highest BCUT2D eigenvalue weighted by atomic mass is 15.2. The first-order valence-electron chi connectivity index (χ1n) is 15.7. The van der Waals surface area contributed by atoms with Gasteiger partial charge in [0, 0.05) is 11.3 Å². The molecule has 1 aliphatic heterocycles. The lowest BCUT2D eigenvalue weighted by Gasteiger charge is -2.33. The van der Waals surface area contributed by atoms with Crippen molar-refractivity contribution >= 4 is 60.4 Å². The minimum atomic E-state index is 0.958. The third-order valence-corrected chi connectivity index (χ3v) is 9.49. The number of hydrogen-bond acceptors (Lipinski definition) is 2. The molecule has 0 saturated carbocycles. The fourth-order valence-corrected chi connectivity index (χ4v) is 7.62. The molecule has 0 atom stereocenters. The van der Waals surface area contributed by atoms with Crippen LogP contribution in [-0.2, 0) is 0 Å². The van der Waals surface area contributed by atoms with Crippen molar-refractivity contribution in [3.05, 3.63) is 164 Å². The van der Waals surface area contributed by atoms with Crippen LogP contribution in [0.4, 0.5) is 17.1 Å². The first-order valence-corrected chi connectivity index (χ1v) is 15.7. The van der Waals surface area contributed by atoms with Crippen LogP contribution in [0.2, 0.25) is 0 Å². The van der Waals surface area contributed by atoms with E-state index < -0.39 is 0 Å². The van der Waals surface area contributed by atoms with Crippen LogP contribution in [0, 0.1) is 0 Å². The Balaban J connectivity index is 1.36. The predicted molar refractivity (Wildman–Crippen MR) is 193 cm³/mol. The molecule has 46 heavy (non-hydrogen) atoms. The maximum absolute atomic E-state index is 5.47. The van der Waals surface area contributed by atoms with E-state index in [1.165, 1.54) is 43.4 Å². The molecule has 3 nitrogen and oxygen atoms in total. The second kappa shape index (κ2) is 9.65. The van der Waals surface area contributed by atoms with Gasteiger partial charge in [-0.25, -0.2) is 4.98 Å². The van der Waals surface area contributed by atoms with Gasteiger partial charge in [0.25, 0.3) is 0 Å². The van der Waals surface area contributed by atoms with E-state index in [-0.39, 0.29) is 0 Å². The molecule has 10 rings (SSSR count). The average Bonchev–Trinajstić information content (AvgIpc) is 3.51. The minimum Gasteiger partial charge on any atom is -0.306 e. The summed E-state index contributed by atoms with van der Waals surface area (Å²) in [4.78, 5) is 7.83. The van der Waals surface area contributed by atoms with Gasteiger partial charge >= 0.3 is 0 Å². The molecular formula is C43H27N3. The zero-order chi connectivity index (χ0) is 30.2. The zero-order valence-corrected chi connectivity index (χ0v) is 24.9. The highest BCUT2D eigenvalue weighted by Crippen LogP contribution is 2.51. The van der Waals surface area contributed by atoms with Crippen molar-refractivity contribution in [3.63, 3.8) is 0 Å². The van der Waals surface area contributed by atoms with E-state index >= 15 is 0 Å². The lowest BCUT2D eigenvalue weighted by Crippen LogP contribution is -2.18. The summed E-state index contributed by atoms with van der Waals surface area (Å²) in [5.74, 6) is 0.958. The lowest BCUT2D eigenvalue weighted by atomic mass is 9.86. The second-order valence-electron chi connectivity index (χ2n) is 11.9. The maximum Gasteiger partial charge on any atom is 0.147 e. The lowest BCUT2D eigenvalue weighted by molar-refractivity contribution is 1.07. The van der Waals surface area contributed by atoms with Gasteiger partial charge in [0.05, 0.1) is 28.1 Å². The van der Waals surface area contributed by atoms with E-state index in [9.17, 15) is 0 Å². The molecule has 2 heterocycles. The normalized spacial score (nSPS) is 12.3. The second-order valence-corrected chi connectivity index (χ2v) is 11.9. The van der Waals surface area contributed by atoms with Crippen molar-refractivity contribution in [2.75, 3.05) is 4.90 Å². The zero-order valence-electron chi connectivity index (χ0n) is 24.9. The molecule has 1 aromatic heterocycles. The number of para-hydroxylation sites is 4. The van der Waals surface area contributed by atoms with Crippen molar-refractivity contribution in [2.45, 2.75) is 0 Å². The fourth-order valence-electron chi connectivity index (χ4n) is 7.62. The van der Waals surface area contributed by atoms with Gasteiger partial charge in [0.2, 0.25) is 0 Å². The Bertz CT molecular complexity index is 2590. The Labute approximate surface area is 266 Å². The van der Waals surface area contributed by atoms with Gasteiger partial charge < -0.3 is 4.90 Å². The molecule has 0 bridgehead atoms. The van der Waals surface area contributed by atoms with Gasteiger partial charge in [-0.2, -0.15) is 0 Å². The third-order valence-electron chi connectivity index (χ3n) is 9.49. The van der Waals surface area contributed by atoms with Crippen LogP contribution in [0.15, 0.2) is 164 Å². The Morgan fingerprint density at radius 3 is 1.67 bits per heavy atom. The molecule has 0 spiro atoms. The average molecular weight is 586 g/mol. The summed E-state index contributed by atoms with van der Waals surface area (Å²) < 4.78 is 2.39. The Morgan fingerprint density at radius 1 is 0.391 bits per heavy atom. The molecule has 8 aromatic carbocycles. The first-order chi connectivity index (χ1) is 22.9. The van der Waals surface area contributed by atoms with Crippen LogP contribution >= 0.6 is 0 Å². The Hall–Kier alpha value is -6.19. The number of hydrogen-bond donors (Lipinski definition) is 0. The number of aromatic nitrogens is 2. The molecule has 1 aliphatic rings. The molecule has 0 aliphatic carbocycles.